The molecule has 3 aromatic rings. The van der Waals surface area contributed by atoms with E-state index in [9.17, 15) is 18.4 Å². The minimum absolute atomic E-state index is 0.122. The Balaban J connectivity index is 1.84. The van der Waals surface area contributed by atoms with Gasteiger partial charge in [0.1, 0.15) is 6.04 Å². The number of carbonyl (C=O) groups excluding carboxylic acids is 2. The monoisotopic (exact) mass is 370 g/mol. The molecule has 1 aromatic heterocycles. The van der Waals surface area contributed by atoms with E-state index < -0.39 is 29.5 Å². The summed E-state index contributed by atoms with van der Waals surface area (Å²) in [7, 11) is 1.38. The fourth-order valence-electron chi connectivity index (χ4n) is 2.51. The second kappa shape index (κ2) is 7.77. The average Bonchev–Trinajstić information content (AvgIpc) is 3.19. The summed E-state index contributed by atoms with van der Waals surface area (Å²) in [5, 5.41) is 9.04. The molecule has 0 saturated carbocycles. The first kappa shape index (κ1) is 18.2. The van der Waals surface area contributed by atoms with E-state index in [1.807, 2.05) is 30.3 Å². The molecule has 2 N–H and O–H groups in total. The van der Waals surface area contributed by atoms with Gasteiger partial charge in [0, 0.05) is 13.2 Å². The van der Waals surface area contributed by atoms with E-state index in [0.717, 1.165) is 17.8 Å². The van der Waals surface area contributed by atoms with E-state index >= 15 is 0 Å². The van der Waals surface area contributed by atoms with Crippen LogP contribution in [0.3, 0.4) is 0 Å². The normalized spacial score (nSPS) is 11.7. The molecule has 0 spiro atoms. The van der Waals surface area contributed by atoms with E-state index in [4.69, 9.17) is 0 Å². The Hall–Kier alpha value is -3.55. The van der Waals surface area contributed by atoms with Crippen LogP contribution in [0.2, 0.25) is 0 Å². The molecule has 1 atom stereocenters. The molecule has 0 radical (unpaired) electrons. The van der Waals surface area contributed by atoms with Crippen molar-refractivity contribution in [3.05, 3.63) is 83.7 Å². The number of carbonyl (C=O) groups is 2. The Morgan fingerprint density at radius 3 is 2.48 bits per heavy atom. The number of rotatable bonds is 5. The van der Waals surface area contributed by atoms with Gasteiger partial charge in [-0.1, -0.05) is 24.3 Å². The highest BCUT2D eigenvalue weighted by Crippen LogP contribution is 2.18. The summed E-state index contributed by atoms with van der Waals surface area (Å²) in [5.41, 5.74) is 1.10. The van der Waals surface area contributed by atoms with Gasteiger partial charge in [-0.25, -0.2) is 13.5 Å². The van der Waals surface area contributed by atoms with Crippen molar-refractivity contribution in [1.82, 2.24) is 20.4 Å². The van der Waals surface area contributed by atoms with E-state index in [1.165, 1.54) is 30.2 Å². The molecule has 0 saturated heterocycles. The van der Waals surface area contributed by atoms with Crippen LogP contribution in [0.5, 0.6) is 0 Å². The maximum Gasteiger partial charge on any atom is 0.255 e. The first-order valence-corrected chi connectivity index (χ1v) is 8.07. The summed E-state index contributed by atoms with van der Waals surface area (Å²) in [6, 6.07) is 11.0. The number of para-hydroxylation sites is 1. The molecule has 3 rings (SSSR count). The van der Waals surface area contributed by atoms with Crippen molar-refractivity contribution in [2.24, 2.45) is 0 Å². The molecule has 1 unspecified atom stereocenters. The SMILES string of the molecule is CNC(=O)C(NC(=O)c1cnn(-c2ccccc2)c1)c1ccc(F)c(F)c1. The quantitative estimate of drug-likeness (QED) is 0.724. The van der Waals surface area contributed by atoms with E-state index in [1.54, 1.807) is 0 Å². The molecule has 2 aromatic carbocycles. The molecule has 8 heteroatoms. The maximum atomic E-state index is 13.5. The molecule has 138 valence electrons. The summed E-state index contributed by atoms with van der Waals surface area (Å²) >= 11 is 0. The second-order valence-electron chi connectivity index (χ2n) is 5.70. The van der Waals surface area contributed by atoms with Gasteiger partial charge in [0.2, 0.25) is 5.91 Å². The highest BCUT2D eigenvalue weighted by molar-refractivity contribution is 5.97. The van der Waals surface area contributed by atoms with Crippen molar-refractivity contribution in [2.75, 3.05) is 7.05 Å². The summed E-state index contributed by atoms with van der Waals surface area (Å²) in [6.45, 7) is 0. The predicted molar refractivity (Wildman–Crippen MR) is 94.2 cm³/mol. The van der Waals surface area contributed by atoms with Gasteiger partial charge in [0.05, 0.1) is 17.4 Å². The summed E-state index contributed by atoms with van der Waals surface area (Å²) in [5.74, 6) is -3.28. The molecule has 0 aliphatic rings. The first-order valence-electron chi connectivity index (χ1n) is 8.07. The summed E-state index contributed by atoms with van der Waals surface area (Å²) < 4.78 is 28.2. The lowest BCUT2D eigenvalue weighted by atomic mass is 10.1. The first-order chi connectivity index (χ1) is 13.0. The number of likely N-dealkylation sites (N-methyl/N-ethyl adjacent to an activating group) is 1. The van der Waals surface area contributed by atoms with Crippen molar-refractivity contribution in [2.45, 2.75) is 6.04 Å². The number of nitrogens with zero attached hydrogens (tertiary/aromatic N) is 2. The maximum absolute atomic E-state index is 13.5. The van der Waals surface area contributed by atoms with Crippen LogP contribution in [0, 0.1) is 11.6 Å². The van der Waals surface area contributed by atoms with Gasteiger partial charge in [0.25, 0.3) is 5.91 Å². The van der Waals surface area contributed by atoms with E-state index in [2.05, 4.69) is 15.7 Å². The third kappa shape index (κ3) is 4.00. The molecule has 27 heavy (non-hydrogen) atoms. The highest BCUT2D eigenvalue weighted by Gasteiger charge is 2.24. The molecule has 0 fully saturated rings. The van der Waals surface area contributed by atoms with Gasteiger partial charge in [-0.15, -0.1) is 0 Å². The van der Waals surface area contributed by atoms with Crippen LogP contribution in [0.1, 0.15) is 22.0 Å². The predicted octanol–water partition coefficient (Wildman–Crippen LogP) is 2.37. The third-order valence-electron chi connectivity index (χ3n) is 3.93. The lowest BCUT2D eigenvalue weighted by molar-refractivity contribution is -0.122. The Morgan fingerprint density at radius 1 is 1.07 bits per heavy atom. The zero-order chi connectivity index (χ0) is 19.4. The molecular formula is C19H16F2N4O2. The van der Waals surface area contributed by atoms with Crippen LogP contribution in [-0.2, 0) is 4.79 Å². The third-order valence-corrected chi connectivity index (χ3v) is 3.93. The topological polar surface area (TPSA) is 76.0 Å². The average molecular weight is 370 g/mol. The fourth-order valence-corrected chi connectivity index (χ4v) is 2.51. The number of halogens is 2. The lowest BCUT2D eigenvalue weighted by Gasteiger charge is -2.17. The smallest absolute Gasteiger partial charge is 0.255 e. The van der Waals surface area contributed by atoms with Gasteiger partial charge in [0.15, 0.2) is 11.6 Å². The van der Waals surface area contributed by atoms with Crippen molar-refractivity contribution < 1.29 is 18.4 Å². The molecule has 2 amide bonds. The number of nitrogens with one attached hydrogen (secondary N) is 2. The van der Waals surface area contributed by atoms with Crippen molar-refractivity contribution in [3.63, 3.8) is 0 Å². The molecule has 0 bridgehead atoms. The number of hydrogen-bond acceptors (Lipinski definition) is 3. The minimum atomic E-state index is -1.18. The van der Waals surface area contributed by atoms with Gasteiger partial charge >= 0.3 is 0 Å². The van der Waals surface area contributed by atoms with Crippen LogP contribution < -0.4 is 10.6 Å². The van der Waals surface area contributed by atoms with Gasteiger partial charge in [-0.3, -0.25) is 9.59 Å². The molecule has 0 aliphatic heterocycles. The highest BCUT2D eigenvalue weighted by atomic mass is 19.2. The molecular weight excluding hydrogens is 354 g/mol. The minimum Gasteiger partial charge on any atom is -0.357 e. The molecule has 0 aliphatic carbocycles. The van der Waals surface area contributed by atoms with Crippen molar-refractivity contribution in [3.8, 4) is 5.69 Å². The number of aromatic nitrogens is 2. The summed E-state index contributed by atoms with van der Waals surface area (Å²) in [6.07, 6.45) is 2.87. The van der Waals surface area contributed by atoms with Crippen LogP contribution >= 0.6 is 0 Å². The van der Waals surface area contributed by atoms with Crippen LogP contribution in [0.25, 0.3) is 5.69 Å². The zero-order valence-corrected chi connectivity index (χ0v) is 14.3. The van der Waals surface area contributed by atoms with Crippen molar-refractivity contribution >= 4 is 11.8 Å². The number of amides is 2. The van der Waals surface area contributed by atoms with Gasteiger partial charge in [-0.2, -0.15) is 5.10 Å². The fraction of sp³-hybridized carbons (Fsp3) is 0.105. The second-order valence-corrected chi connectivity index (χ2v) is 5.70. The molecule has 1 heterocycles. The van der Waals surface area contributed by atoms with Crippen molar-refractivity contribution in [1.29, 1.82) is 0 Å². The van der Waals surface area contributed by atoms with Crippen LogP contribution in [0.4, 0.5) is 8.78 Å². The zero-order valence-electron chi connectivity index (χ0n) is 14.3. The molecule has 6 nitrogen and oxygen atoms in total. The number of benzene rings is 2. The Morgan fingerprint density at radius 2 is 1.81 bits per heavy atom. The van der Waals surface area contributed by atoms with Gasteiger partial charge < -0.3 is 10.6 Å². The number of hydrogen-bond donors (Lipinski definition) is 2. The standard InChI is InChI=1S/C19H16F2N4O2/c1-22-19(27)17(12-7-8-15(20)16(21)9-12)24-18(26)13-10-23-25(11-13)14-5-3-2-4-6-14/h2-11,17H,1H3,(H,22,27)(H,24,26). The van der Waals surface area contributed by atoms with E-state index in [-0.39, 0.29) is 11.1 Å². The summed E-state index contributed by atoms with van der Waals surface area (Å²) in [4.78, 5) is 24.7. The lowest BCUT2D eigenvalue weighted by Crippen LogP contribution is -2.39. The Labute approximate surface area is 153 Å². The Kier molecular flexibility index (Phi) is 5.25. The van der Waals surface area contributed by atoms with E-state index in [0.29, 0.717) is 0 Å². The van der Waals surface area contributed by atoms with Crippen LogP contribution in [-0.4, -0.2) is 28.6 Å². The largest absolute Gasteiger partial charge is 0.357 e. The van der Waals surface area contributed by atoms with Crippen LogP contribution in [0.15, 0.2) is 60.9 Å². The Bertz CT molecular complexity index is 973. The van der Waals surface area contributed by atoms with Gasteiger partial charge in [-0.05, 0) is 29.8 Å².